The van der Waals surface area contributed by atoms with Crippen molar-refractivity contribution in [3.8, 4) is 0 Å². The molecule has 2 unspecified atom stereocenters. The Kier molecular flexibility index (Phi) is 4.03. The minimum Gasteiger partial charge on any atom is -0.310 e. The minimum absolute atomic E-state index is 0.209. The van der Waals surface area contributed by atoms with E-state index in [0.29, 0.717) is 24.5 Å². The van der Waals surface area contributed by atoms with Crippen LogP contribution in [0.3, 0.4) is 0 Å². The maximum absolute atomic E-state index is 12.7. The number of piperazine rings is 1. The van der Waals surface area contributed by atoms with Crippen molar-refractivity contribution in [1.29, 1.82) is 0 Å². The number of hydrogen-bond donors (Lipinski definition) is 2. The summed E-state index contributed by atoms with van der Waals surface area (Å²) in [5.41, 5.74) is 0.381. The van der Waals surface area contributed by atoms with Crippen LogP contribution in [0.15, 0.2) is 29.2 Å². The van der Waals surface area contributed by atoms with Gasteiger partial charge in [0.1, 0.15) is 5.37 Å². The largest absolute Gasteiger partial charge is 0.310 e. The number of benzene rings is 1. The number of halogens is 1. The van der Waals surface area contributed by atoms with E-state index < -0.39 is 15.2 Å². The lowest BCUT2D eigenvalue weighted by atomic mass is 9.92. The summed E-state index contributed by atoms with van der Waals surface area (Å²) in [5.74, 6) is 0. The molecule has 0 spiro atoms. The smallest absolute Gasteiger partial charge is 0.196 e. The summed E-state index contributed by atoms with van der Waals surface area (Å²) in [7, 11) is -3.45. The SMILES string of the molecule is CCC1(C2CNC(S(=O)(=O)c3ccccc3Cl)CN2)CC1. The first-order valence-corrected chi connectivity index (χ1v) is 9.37. The molecule has 1 heterocycles. The standard InChI is InChI=1S/C15H21ClN2O2S/c1-2-15(7-8-15)13-9-18-14(10-17-13)21(19,20)12-6-4-3-5-11(12)16/h3-6,13-14,17-18H,2,7-10H2,1H3. The normalized spacial score (nSPS) is 28.3. The first-order chi connectivity index (χ1) is 9.99. The van der Waals surface area contributed by atoms with Crippen LogP contribution in [0, 0.1) is 5.41 Å². The summed E-state index contributed by atoms with van der Waals surface area (Å²) in [4.78, 5) is 0.209. The van der Waals surface area contributed by atoms with Gasteiger partial charge < -0.3 is 5.32 Å². The summed E-state index contributed by atoms with van der Waals surface area (Å²) in [6.45, 7) is 3.34. The average molecular weight is 329 g/mol. The Morgan fingerprint density at radius 3 is 2.48 bits per heavy atom. The molecule has 4 nitrogen and oxygen atoms in total. The highest BCUT2D eigenvalue weighted by Crippen LogP contribution is 2.51. The first-order valence-electron chi connectivity index (χ1n) is 7.45. The third-order valence-electron chi connectivity index (χ3n) is 4.95. The van der Waals surface area contributed by atoms with Crippen molar-refractivity contribution < 1.29 is 8.42 Å². The van der Waals surface area contributed by atoms with Crippen molar-refractivity contribution >= 4 is 21.4 Å². The molecular formula is C15H21ClN2O2S. The Morgan fingerprint density at radius 1 is 1.24 bits per heavy atom. The highest BCUT2D eigenvalue weighted by Gasteiger charge is 2.49. The molecule has 1 aliphatic carbocycles. The lowest BCUT2D eigenvalue weighted by Gasteiger charge is -2.35. The maximum atomic E-state index is 12.7. The quantitative estimate of drug-likeness (QED) is 0.889. The van der Waals surface area contributed by atoms with Crippen LogP contribution in [0.2, 0.25) is 5.02 Å². The number of nitrogens with one attached hydrogen (secondary N) is 2. The summed E-state index contributed by atoms with van der Waals surface area (Å²) in [6, 6.07) is 7.00. The third kappa shape index (κ3) is 2.72. The fraction of sp³-hybridized carbons (Fsp3) is 0.600. The average Bonchev–Trinajstić information content (AvgIpc) is 3.29. The predicted octanol–water partition coefficient (Wildman–Crippen LogP) is 2.19. The first kappa shape index (κ1) is 15.3. The minimum atomic E-state index is -3.45. The summed E-state index contributed by atoms with van der Waals surface area (Å²) < 4.78 is 25.3. The molecule has 21 heavy (non-hydrogen) atoms. The topological polar surface area (TPSA) is 58.2 Å². The van der Waals surface area contributed by atoms with E-state index in [1.165, 1.54) is 12.8 Å². The van der Waals surface area contributed by atoms with Gasteiger partial charge in [0, 0.05) is 19.1 Å². The van der Waals surface area contributed by atoms with Gasteiger partial charge in [0.25, 0.3) is 0 Å². The van der Waals surface area contributed by atoms with Crippen molar-refractivity contribution in [2.45, 2.75) is 42.5 Å². The van der Waals surface area contributed by atoms with E-state index in [0.717, 1.165) is 6.42 Å². The molecule has 2 N–H and O–H groups in total. The van der Waals surface area contributed by atoms with Gasteiger partial charge >= 0.3 is 0 Å². The molecule has 2 fully saturated rings. The zero-order valence-corrected chi connectivity index (χ0v) is 13.7. The Morgan fingerprint density at radius 2 is 1.95 bits per heavy atom. The zero-order valence-electron chi connectivity index (χ0n) is 12.1. The molecule has 1 aromatic rings. The molecule has 1 aromatic carbocycles. The van der Waals surface area contributed by atoms with E-state index in [1.54, 1.807) is 24.3 Å². The van der Waals surface area contributed by atoms with Gasteiger partial charge in [-0.05, 0) is 36.8 Å². The fourth-order valence-corrected chi connectivity index (χ4v) is 5.24. The summed E-state index contributed by atoms with van der Waals surface area (Å²) in [5, 5.41) is 6.32. The zero-order chi connectivity index (χ0) is 15.1. The van der Waals surface area contributed by atoms with Gasteiger partial charge in [0.05, 0.1) is 9.92 Å². The van der Waals surface area contributed by atoms with Crippen molar-refractivity contribution in [1.82, 2.24) is 10.6 Å². The molecule has 1 saturated carbocycles. The lowest BCUT2D eigenvalue weighted by Crippen LogP contribution is -2.59. The third-order valence-corrected chi connectivity index (χ3v) is 7.45. The van der Waals surface area contributed by atoms with Crippen LogP contribution in [-0.4, -0.2) is 32.9 Å². The Balaban J connectivity index is 1.73. The molecule has 0 radical (unpaired) electrons. The van der Waals surface area contributed by atoms with E-state index in [-0.39, 0.29) is 9.92 Å². The Bertz CT molecular complexity index is 620. The number of sulfone groups is 1. The van der Waals surface area contributed by atoms with Crippen LogP contribution in [0.25, 0.3) is 0 Å². The maximum Gasteiger partial charge on any atom is 0.196 e. The van der Waals surface area contributed by atoms with E-state index in [1.807, 2.05) is 0 Å². The van der Waals surface area contributed by atoms with Gasteiger partial charge in [-0.1, -0.05) is 30.7 Å². The fourth-order valence-electron chi connectivity index (χ4n) is 3.23. The molecule has 3 rings (SSSR count). The van der Waals surface area contributed by atoms with Gasteiger partial charge in [0.2, 0.25) is 0 Å². The molecule has 116 valence electrons. The van der Waals surface area contributed by atoms with Crippen LogP contribution in [0.5, 0.6) is 0 Å². The lowest BCUT2D eigenvalue weighted by molar-refractivity contribution is 0.271. The van der Waals surface area contributed by atoms with Gasteiger partial charge in [-0.25, -0.2) is 8.42 Å². The molecule has 2 aliphatic rings. The van der Waals surface area contributed by atoms with Crippen LogP contribution < -0.4 is 10.6 Å². The van der Waals surface area contributed by atoms with Crippen molar-refractivity contribution in [3.05, 3.63) is 29.3 Å². The molecular weight excluding hydrogens is 308 g/mol. The van der Waals surface area contributed by atoms with Crippen LogP contribution in [0.1, 0.15) is 26.2 Å². The second kappa shape index (κ2) is 5.54. The summed E-state index contributed by atoms with van der Waals surface area (Å²) >= 11 is 6.03. The Hall–Kier alpha value is -0.620. The van der Waals surface area contributed by atoms with Gasteiger partial charge in [-0.15, -0.1) is 0 Å². The number of rotatable bonds is 4. The van der Waals surface area contributed by atoms with E-state index in [4.69, 9.17) is 11.6 Å². The Labute approximate surface area is 131 Å². The molecule has 6 heteroatoms. The van der Waals surface area contributed by atoms with Crippen molar-refractivity contribution in [2.24, 2.45) is 5.41 Å². The molecule has 2 atom stereocenters. The molecule has 0 bridgehead atoms. The molecule has 1 aliphatic heterocycles. The van der Waals surface area contributed by atoms with Crippen LogP contribution in [-0.2, 0) is 9.84 Å². The van der Waals surface area contributed by atoms with Crippen LogP contribution in [0.4, 0.5) is 0 Å². The second-order valence-electron chi connectivity index (χ2n) is 6.05. The van der Waals surface area contributed by atoms with Crippen molar-refractivity contribution in [3.63, 3.8) is 0 Å². The van der Waals surface area contributed by atoms with Crippen LogP contribution >= 0.6 is 11.6 Å². The van der Waals surface area contributed by atoms with E-state index in [9.17, 15) is 8.42 Å². The van der Waals surface area contributed by atoms with Crippen molar-refractivity contribution in [2.75, 3.05) is 13.1 Å². The summed E-state index contributed by atoms with van der Waals surface area (Å²) in [6.07, 6.45) is 3.63. The highest BCUT2D eigenvalue weighted by atomic mass is 35.5. The molecule has 1 saturated heterocycles. The predicted molar refractivity (Wildman–Crippen MR) is 84.2 cm³/mol. The molecule has 0 amide bonds. The van der Waals surface area contributed by atoms with E-state index >= 15 is 0 Å². The molecule has 0 aromatic heterocycles. The number of hydrogen-bond acceptors (Lipinski definition) is 4. The van der Waals surface area contributed by atoms with Gasteiger partial charge in [-0.3, -0.25) is 5.32 Å². The monoisotopic (exact) mass is 328 g/mol. The van der Waals surface area contributed by atoms with E-state index in [2.05, 4.69) is 17.6 Å². The van der Waals surface area contributed by atoms with Gasteiger partial charge in [0.15, 0.2) is 9.84 Å². The van der Waals surface area contributed by atoms with Gasteiger partial charge in [-0.2, -0.15) is 0 Å². The highest BCUT2D eigenvalue weighted by molar-refractivity contribution is 7.92. The second-order valence-corrected chi connectivity index (χ2v) is 8.56.